The van der Waals surface area contributed by atoms with E-state index >= 15 is 0 Å². The van der Waals surface area contributed by atoms with Gasteiger partial charge in [0.2, 0.25) is 0 Å². The molecule has 0 unspecified atom stereocenters. The molecule has 0 aliphatic rings. The summed E-state index contributed by atoms with van der Waals surface area (Å²) < 4.78 is 22.4. The van der Waals surface area contributed by atoms with Gasteiger partial charge in [0.1, 0.15) is 35.3 Å². The molecule has 0 radical (unpaired) electrons. The number of benzene rings is 2. The first kappa shape index (κ1) is 21.7. The van der Waals surface area contributed by atoms with Gasteiger partial charge in [-0.15, -0.1) is 0 Å². The van der Waals surface area contributed by atoms with Gasteiger partial charge in [-0.2, -0.15) is 0 Å². The Morgan fingerprint density at radius 3 is 2.22 bits per heavy atom. The number of hydrogen-bond acceptors (Lipinski definition) is 6. The zero-order valence-electron chi connectivity index (χ0n) is 19.0. The molecule has 32 heavy (non-hydrogen) atoms. The lowest BCUT2D eigenvalue weighted by molar-refractivity contribution is 0.288. The van der Waals surface area contributed by atoms with Crippen molar-refractivity contribution in [3.8, 4) is 22.6 Å². The molecule has 0 aliphatic heterocycles. The summed E-state index contributed by atoms with van der Waals surface area (Å²) in [6.07, 6.45) is 1.68. The highest BCUT2D eigenvalue weighted by atomic mass is 16.5. The average Bonchev–Trinajstić information content (AvgIpc) is 3.39. The molecular weight excluding hydrogens is 404 g/mol. The zero-order chi connectivity index (χ0) is 22.5. The van der Waals surface area contributed by atoms with Crippen molar-refractivity contribution >= 4 is 0 Å². The lowest BCUT2D eigenvalue weighted by Gasteiger charge is -2.15. The van der Waals surface area contributed by atoms with E-state index in [-0.39, 0.29) is 0 Å². The van der Waals surface area contributed by atoms with Crippen LogP contribution in [0.1, 0.15) is 40.5 Å². The molecule has 0 atom stereocenters. The van der Waals surface area contributed by atoms with Crippen molar-refractivity contribution in [2.45, 2.75) is 47.1 Å². The maximum atomic E-state index is 6.18. The minimum Gasteiger partial charge on any atom is -0.493 e. The van der Waals surface area contributed by atoms with E-state index in [1.807, 2.05) is 38.1 Å². The molecule has 0 aliphatic carbocycles. The van der Waals surface area contributed by atoms with E-state index in [0.717, 1.165) is 63.9 Å². The van der Waals surface area contributed by atoms with Gasteiger partial charge in [0, 0.05) is 17.7 Å². The van der Waals surface area contributed by atoms with Crippen molar-refractivity contribution in [1.29, 1.82) is 0 Å². The van der Waals surface area contributed by atoms with Crippen LogP contribution < -0.4 is 9.47 Å². The van der Waals surface area contributed by atoms with E-state index in [0.29, 0.717) is 13.2 Å². The summed E-state index contributed by atoms with van der Waals surface area (Å²) in [5, 5.41) is 8.03. The van der Waals surface area contributed by atoms with Crippen LogP contribution in [0.3, 0.4) is 0 Å². The fraction of sp³-hybridized carbons (Fsp3) is 0.308. The molecule has 6 nitrogen and oxygen atoms in total. The lowest BCUT2D eigenvalue weighted by atomic mass is 9.98. The van der Waals surface area contributed by atoms with Crippen LogP contribution in [0, 0.1) is 27.7 Å². The molecule has 2 heterocycles. The molecule has 2 aromatic heterocycles. The minimum absolute atomic E-state index is 0.360. The normalized spacial score (nSPS) is 11.0. The van der Waals surface area contributed by atoms with Crippen LogP contribution in [0.4, 0.5) is 0 Å². The zero-order valence-corrected chi connectivity index (χ0v) is 19.0. The van der Waals surface area contributed by atoms with Gasteiger partial charge in [0.15, 0.2) is 0 Å². The molecule has 0 N–H and O–H groups in total. The Morgan fingerprint density at radius 1 is 0.750 bits per heavy atom. The van der Waals surface area contributed by atoms with Gasteiger partial charge in [0.25, 0.3) is 0 Å². The van der Waals surface area contributed by atoms with Gasteiger partial charge in [-0.25, -0.2) is 0 Å². The van der Waals surface area contributed by atoms with E-state index in [9.17, 15) is 0 Å². The molecule has 4 rings (SSSR count). The van der Waals surface area contributed by atoms with Crippen LogP contribution >= 0.6 is 0 Å². The molecule has 2 aromatic carbocycles. The summed E-state index contributed by atoms with van der Waals surface area (Å²) in [5.41, 5.74) is 6.20. The Hall–Kier alpha value is -3.54. The van der Waals surface area contributed by atoms with E-state index < -0.39 is 0 Å². The lowest BCUT2D eigenvalue weighted by Crippen LogP contribution is -2.02. The smallest absolute Gasteiger partial charge is 0.134 e. The number of aryl methyl sites for hydroxylation is 5. The van der Waals surface area contributed by atoms with Crippen LogP contribution in [-0.2, 0) is 13.0 Å². The molecule has 6 heteroatoms. The third-order valence-electron chi connectivity index (χ3n) is 5.21. The summed E-state index contributed by atoms with van der Waals surface area (Å²) in [6, 6.07) is 16.2. The second-order valence-corrected chi connectivity index (χ2v) is 8.07. The van der Waals surface area contributed by atoms with E-state index in [1.54, 1.807) is 0 Å². The Morgan fingerprint density at radius 2 is 1.50 bits per heavy atom. The summed E-state index contributed by atoms with van der Waals surface area (Å²) in [4.78, 5) is 0. The largest absolute Gasteiger partial charge is 0.493 e. The van der Waals surface area contributed by atoms with E-state index in [2.05, 4.69) is 48.4 Å². The highest BCUT2D eigenvalue weighted by molar-refractivity contribution is 5.75. The second-order valence-electron chi connectivity index (χ2n) is 8.07. The third kappa shape index (κ3) is 5.38. The highest BCUT2D eigenvalue weighted by Gasteiger charge is 2.12. The number of rotatable bonds is 9. The Bertz CT molecular complexity index is 1190. The van der Waals surface area contributed by atoms with Crippen LogP contribution in [0.2, 0.25) is 0 Å². The quantitative estimate of drug-likeness (QED) is 0.295. The second kappa shape index (κ2) is 9.73. The maximum absolute atomic E-state index is 6.18. The minimum atomic E-state index is 0.360. The monoisotopic (exact) mass is 432 g/mol. The SMILES string of the molecule is Cc1ccc(OCCCc2cc(C)on2)c(-c2cc(OCc3cc(C)on3)ccc2C)c1. The molecule has 0 saturated heterocycles. The number of nitrogens with zero attached hydrogens (tertiary/aromatic N) is 2. The van der Waals surface area contributed by atoms with Gasteiger partial charge >= 0.3 is 0 Å². The molecule has 0 bridgehead atoms. The fourth-order valence-corrected chi connectivity index (χ4v) is 3.58. The number of hydrogen-bond donors (Lipinski definition) is 0. The predicted octanol–water partition coefficient (Wildman–Crippen LogP) is 6.15. The van der Waals surface area contributed by atoms with Gasteiger partial charge < -0.3 is 18.5 Å². The summed E-state index contributed by atoms with van der Waals surface area (Å²) in [5.74, 6) is 3.24. The van der Waals surface area contributed by atoms with Crippen molar-refractivity contribution in [2.24, 2.45) is 0 Å². The van der Waals surface area contributed by atoms with Gasteiger partial charge in [-0.3, -0.25) is 0 Å². The Labute approximate surface area is 188 Å². The van der Waals surface area contributed by atoms with Crippen molar-refractivity contribution < 1.29 is 18.5 Å². The maximum Gasteiger partial charge on any atom is 0.134 e. The molecule has 4 aromatic rings. The Kier molecular flexibility index (Phi) is 6.59. The van der Waals surface area contributed by atoms with Crippen molar-refractivity contribution in [3.63, 3.8) is 0 Å². The third-order valence-corrected chi connectivity index (χ3v) is 5.21. The number of ether oxygens (including phenoxy) is 2. The van der Waals surface area contributed by atoms with Gasteiger partial charge in [-0.05, 0) is 75.9 Å². The highest BCUT2D eigenvalue weighted by Crippen LogP contribution is 2.35. The standard InChI is InChI=1S/C26H28N2O4/c1-17-7-10-26(29-11-5-6-21-13-19(3)31-27-21)25(12-17)24-15-23(9-8-18(24)2)30-16-22-14-20(4)32-28-22/h7-10,12-15H,5-6,11,16H2,1-4H3. The Balaban J connectivity index is 1.48. The van der Waals surface area contributed by atoms with E-state index in [1.165, 1.54) is 5.56 Å². The molecule has 166 valence electrons. The van der Waals surface area contributed by atoms with Crippen LogP contribution in [0.5, 0.6) is 11.5 Å². The predicted molar refractivity (Wildman–Crippen MR) is 122 cm³/mol. The van der Waals surface area contributed by atoms with Crippen LogP contribution in [-0.4, -0.2) is 16.9 Å². The summed E-state index contributed by atoms with van der Waals surface area (Å²) in [6.45, 7) is 8.91. The first-order chi connectivity index (χ1) is 15.5. The van der Waals surface area contributed by atoms with Crippen molar-refractivity contribution in [3.05, 3.63) is 82.6 Å². The fourth-order valence-electron chi connectivity index (χ4n) is 3.58. The topological polar surface area (TPSA) is 70.5 Å². The number of aromatic nitrogens is 2. The van der Waals surface area contributed by atoms with Crippen molar-refractivity contribution in [2.75, 3.05) is 6.61 Å². The summed E-state index contributed by atoms with van der Waals surface area (Å²) >= 11 is 0. The van der Waals surface area contributed by atoms with Crippen molar-refractivity contribution in [1.82, 2.24) is 10.3 Å². The average molecular weight is 433 g/mol. The van der Waals surface area contributed by atoms with Gasteiger partial charge in [0.05, 0.1) is 12.3 Å². The van der Waals surface area contributed by atoms with Crippen LogP contribution in [0.15, 0.2) is 57.6 Å². The molecular formula is C26H28N2O4. The summed E-state index contributed by atoms with van der Waals surface area (Å²) in [7, 11) is 0. The first-order valence-electron chi connectivity index (χ1n) is 10.8. The van der Waals surface area contributed by atoms with E-state index in [4.69, 9.17) is 18.5 Å². The van der Waals surface area contributed by atoms with Gasteiger partial charge in [-0.1, -0.05) is 28.0 Å². The first-order valence-corrected chi connectivity index (χ1v) is 10.8. The molecule has 0 saturated carbocycles. The molecule has 0 spiro atoms. The molecule has 0 fully saturated rings. The van der Waals surface area contributed by atoms with Crippen LogP contribution in [0.25, 0.3) is 11.1 Å². The molecule has 0 amide bonds.